The minimum Gasteiger partial charge on any atom is -0.481 e. The molecule has 2 rings (SSSR count). The van der Waals surface area contributed by atoms with Gasteiger partial charge in [0.15, 0.2) is 11.0 Å². The largest absolute Gasteiger partial charge is 0.481 e. The molecule has 21 heavy (non-hydrogen) atoms. The number of amides is 1. The summed E-state index contributed by atoms with van der Waals surface area (Å²) >= 11 is 5.61. The van der Waals surface area contributed by atoms with E-state index in [4.69, 9.17) is 21.1 Å². The number of carboxylic acid groups (broad SMARTS) is 1. The maximum Gasteiger partial charge on any atom is 0.306 e. The van der Waals surface area contributed by atoms with Crippen molar-refractivity contribution in [1.82, 2.24) is 0 Å². The Balaban J connectivity index is 1.99. The summed E-state index contributed by atoms with van der Waals surface area (Å²) in [5.41, 5.74) is 1.49. The molecule has 0 aliphatic rings. The molecule has 5 nitrogen and oxygen atoms in total. The van der Waals surface area contributed by atoms with E-state index in [1.54, 1.807) is 31.2 Å². The lowest BCUT2D eigenvalue weighted by molar-refractivity contribution is -0.141. The number of carbonyl (C=O) groups is 2. The third kappa shape index (κ3) is 4.10. The van der Waals surface area contributed by atoms with Crippen molar-refractivity contribution in [3.05, 3.63) is 52.9 Å². The van der Waals surface area contributed by atoms with Gasteiger partial charge in [-0.05, 0) is 47.9 Å². The van der Waals surface area contributed by atoms with E-state index in [-0.39, 0.29) is 11.0 Å². The van der Waals surface area contributed by atoms with Gasteiger partial charge in [-0.15, -0.1) is 0 Å². The van der Waals surface area contributed by atoms with Gasteiger partial charge in [0.2, 0.25) is 0 Å². The third-order valence-corrected chi connectivity index (χ3v) is 3.18. The second-order valence-electron chi connectivity index (χ2n) is 4.70. The highest BCUT2D eigenvalue weighted by atomic mass is 35.5. The molecule has 1 aromatic carbocycles. The van der Waals surface area contributed by atoms with Gasteiger partial charge < -0.3 is 14.8 Å². The fourth-order valence-corrected chi connectivity index (χ4v) is 1.94. The molecule has 0 spiro atoms. The molecule has 110 valence electrons. The molecule has 0 aliphatic heterocycles. The Kier molecular flexibility index (Phi) is 4.65. The Morgan fingerprint density at radius 2 is 1.90 bits per heavy atom. The van der Waals surface area contributed by atoms with Crippen LogP contribution in [0.5, 0.6) is 0 Å². The second kappa shape index (κ2) is 6.45. The van der Waals surface area contributed by atoms with Crippen LogP contribution in [-0.2, 0) is 11.2 Å². The van der Waals surface area contributed by atoms with Crippen LogP contribution >= 0.6 is 11.6 Å². The van der Waals surface area contributed by atoms with Crippen LogP contribution in [0.1, 0.15) is 23.0 Å². The first-order chi connectivity index (χ1) is 9.95. The number of benzene rings is 1. The van der Waals surface area contributed by atoms with E-state index in [0.717, 1.165) is 5.56 Å². The summed E-state index contributed by atoms with van der Waals surface area (Å²) in [5.74, 6) is -1.55. The van der Waals surface area contributed by atoms with Gasteiger partial charge in [-0.1, -0.05) is 19.1 Å². The number of nitrogens with one attached hydrogen (secondary N) is 1. The van der Waals surface area contributed by atoms with Gasteiger partial charge >= 0.3 is 5.97 Å². The third-order valence-electron chi connectivity index (χ3n) is 2.97. The van der Waals surface area contributed by atoms with Crippen LogP contribution in [0, 0.1) is 5.92 Å². The van der Waals surface area contributed by atoms with Crippen molar-refractivity contribution < 1.29 is 19.1 Å². The molecule has 0 bridgehead atoms. The summed E-state index contributed by atoms with van der Waals surface area (Å²) in [6.45, 7) is 1.65. The molecule has 2 aromatic rings. The van der Waals surface area contributed by atoms with Crippen LogP contribution < -0.4 is 5.32 Å². The first-order valence-electron chi connectivity index (χ1n) is 6.34. The number of carboxylic acids is 1. The number of rotatable bonds is 5. The van der Waals surface area contributed by atoms with E-state index in [2.05, 4.69) is 5.32 Å². The molecule has 6 heteroatoms. The molecule has 2 N–H and O–H groups in total. The van der Waals surface area contributed by atoms with Crippen molar-refractivity contribution in [1.29, 1.82) is 0 Å². The summed E-state index contributed by atoms with van der Waals surface area (Å²) in [6, 6.07) is 9.97. The topological polar surface area (TPSA) is 79.5 Å². The average molecular weight is 308 g/mol. The number of carbonyl (C=O) groups excluding carboxylic acids is 1. The molecule has 0 fully saturated rings. The lowest BCUT2D eigenvalue weighted by Crippen LogP contribution is -2.13. The predicted octanol–water partition coefficient (Wildman–Crippen LogP) is 3.45. The normalized spacial score (nSPS) is 11.9. The van der Waals surface area contributed by atoms with Gasteiger partial charge in [0.1, 0.15) is 0 Å². The van der Waals surface area contributed by atoms with Gasteiger partial charge in [0, 0.05) is 5.69 Å². The molecule has 1 unspecified atom stereocenters. The van der Waals surface area contributed by atoms with Crippen LogP contribution in [0.3, 0.4) is 0 Å². The second-order valence-corrected chi connectivity index (χ2v) is 5.07. The highest BCUT2D eigenvalue weighted by Gasteiger charge is 2.13. The summed E-state index contributed by atoms with van der Waals surface area (Å²) in [5, 5.41) is 11.7. The van der Waals surface area contributed by atoms with E-state index in [9.17, 15) is 9.59 Å². The van der Waals surface area contributed by atoms with Gasteiger partial charge in [0.05, 0.1) is 5.92 Å². The van der Waals surface area contributed by atoms with Crippen LogP contribution in [0.2, 0.25) is 5.22 Å². The van der Waals surface area contributed by atoms with Crippen molar-refractivity contribution in [3.8, 4) is 0 Å². The minimum absolute atomic E-state index is 0.128. The Morgan fingerprint density at radius 3 is 2.43 bits per heavy atom. The molecule has 1 heterocycles. The fourth-order valence-electron chi connectivity index (χ4n) is 1.79. The molecular weight excluding hydrogens is 294 g/mol. The Hall–Kier alpha value is -2.27. The predicted molar refractivity (Wildman–Crippen MR) is 78.6 cm³/mol. The lowest BCUT2D eigenvalue weighted by atomic mass is 10.0. The van der Waals surface area contributed by atoms with Crippen LogP contribution in [0.4, 0.5) is 5.69 Å². The quantitative estimate of drug-likeness (QED) is 0.886. The number of aliphatic carboxylic acids is 1. The zero-order valence-electron chi connectivity index (χ0n) is 11.3. The SMILES string of the molecule is CC(Cc1ccc(NC(=O)c2ccc(Cl)o2)cc1)C(=O)O. The first kappa shape index (κ1) is 15.1. The fraction of sp³-hybridized carbons (Fsp3) is 0.200. The number of anilines is 1. The summed E-state index contributed by atoms with van der Waals surface area (Å²) < 4.78 is 5.01. The van der Waals surface area contributed by atoms with E-state index in [1.807, 2.05) is 0 Å². The van der Waals surface area contributed by atoms with Crippen molar-refractivity contribution >= 4 is 29.2 Å². The Labute approximate surface area is 126 Å². The van der Waals surface area contributed by atoms with Gasteiger partial charge in [-0.2, -0.15) is 0 Å². The van der Waals surface area contributed by atoms with Crippen molar-refractivity contribution in [2.75, 3.05) is 5.32 Å². The van der Waals surface area contributed by atoms with Crippen LogP contribution in [-0.4, -0.2) is 17.0 Å². The van der Waals surface area contributed by atoms with Gasteiger partial charge in [0.25, 0.3) is 5.91 Å². The van der Waals surface area contributed by atoms with Crippen molar-refractivity contribution in [3.63, 3.8) is 0 Å². The molecule has 0 aliphatic carbocycles. The monoisotopic (exact) mass is 307 g/mol. The summed E-state index contributed by atoms with van der Waals surface area (Å²) in [6.07, 6.45) is 0.442. The molecule has 1 atom stereocenters. The average Bonchev–Trinajstić information content (AvgIpc) is 2.87. The summed E-state index contributed by atoms with van der Waals surface area (Å²) in [7, 11) is 0. The van der Waals surface area contributed by atoms with Crippen LogP contribution in [0.25, 0.3) is 0 Å². The van der Waals surface area contributed by atoms with Crippen molar-refractivity contribution in [2.24, 2.45) is 5.92 Å². The minimum atomic E-state index is -0.831. The number of furan rings is 1. The summed E-state index contributed by atoms with van der Waals surface area (Å²) in [4.78, 5) is 22.6. The maximum atomic E-state index is 11.8. The van der Waals surface area contributed by atoms with E-state index in [0.29, 0.717) is 12.1 Å². The van der Waals surface area contributed by atoms with E-state index < -0.39 is 17.8 Å². The van der Waals surface area contributed by atoms with Crippen molar-refractivity contribution in [2.45, 2.75) is 13.3 Å². The van der Waals surface area contributed by atoms with E-state index in [1.165, 1.54) is 12.1 Å². The lowest BCUT2D eigenvalue weighted by Gasteiger charge is -2.08. The molecular formula is C15H14ClNO4. The molecule has 0 saturated heterocycles. The Morgan fingerprint density at radius 1 is 1.24 bits per heavy atom. The standard InChI is InChI=1S/C15H14ClNO4/c1-9(15(19)20)8-10-2-4-11(5-3-10)17-14(18)12-6-7-13(16)21-12/h2-7,9H,8H2,1H3,(H,17,18)(H,19,20). The highest BCUT2D eigenvalue weighted by molar-refractivity contribution is 6.29. The molecule has 0 radical (unpaired) electrons. The number of hydrogen-bond donors (Lipinski definition) is 2. The van der Waals surface area contributed by atoms with Gasteiger partial charge in [-0.3, -0.25) is 9.59 Å². The zero-order valence-corrected chi connectivity index (χ0v) is 12.1. The van der Waals surface area contributed by atoms with Crippen LogP contribution in [0.15, 0.2) is 40.8 Å². The maximum absolute atomic E-state index is 11.8. The molecule has 0 saturated carbocycles. The zero-order chi connectivity index (χ0) is 15.4. The number of hydrogen-bond acceptors (Lipinski definition) is 3. The molecule has 1 aromatic heterocycles. The number of halogens is 1. The first-order valence-corrected chi connectivity index (χ1v) is 6.72. The smallest absolute Gasteiger partial charge is 0.306 e. The Bertz CT molecular complexity index is 648. The molecule has 1 amide bonds. The highest BCUT2D eigenvalue weighted by Crippen LogP contribution is 2.17. The van der Waals surface area contributed by atoms with E-state index >= 15 is 0 Å². The van der Waals surface area contributed by atoms with Gasteiger partial charge in [-0.25, -0.2) is 0 Å².